The van der Waals surface area contributed by atoms with Gasteiger partial charge in [-0.05, 0) is 54.9 Å². The molecule has 0 spiro atoms. The zero-order valence-electron chi connectivity index (χ0n) is 25.1. The zero-order chi connectivity index (χ0) is 33.6. The smallest absolute Gasteiger partial charge is 0.417 e. The fourth-order valence-electron chi connectivity index (χ4n) is 6.34. The molecular weight excluding hydrogens is 627 g/mol. The van der Waals surface area contributed by atoms with E-state index < -0.39 is 35.7 Å². The van der Waals surface area contributed by atoms with E-state index in [-0.39, 0.29) is 96.9 Å². The number of ether oxygens (including phenoxy) is 1. The number of nitrogens with zero attached hydrogens (tertiary/aromatic N) is 6. The van der Waals surface area contributed by atoms with Gasteiger partial charge in [-0.3, -0.25) is 9.69 Å². The van der Waals surface area contributed by atoms with Gasteiger partial charge in [0.15, 0.2) is 5.83 Å². The number of alkyl halides is 4. The Bertz CT molecular complexity index is 1910. The maximum atomic E-state index is 14.2. The van der Waals surface area contributed by atoms with Gasteiger partial charge in [0.2, 0.25) is 0 Å². The number of hydrogen-bond donors (Lipinski definition) is 1. The molecule has 2 saturated heterocycles. The minimum Gasteiger partial charge on any atom is -0.508 e. The van der Waals surface area contributed by atoms with Crippen molar-refractivity contribution in [3.05, 3.63) is 54.6 Å². The van der Waals surface area contributed by atoms with Crippen LogP contribution in [-0.4, -0.2) is 88.9 Å². The molecule has 0 bridgehead atoms. The zero-order valence-corrected chi connectivity index (χ0v) is 25.1. The van der Waals surface area contributed by atoms with E-state index in [9.17, 15) is 37.1 Å². The Kier molecular flexibility index (Phi) is 8.39. The van der Waals surface area contributed by atoms with Crippen molar-refractivity contribution < 1.29 is 41.0 Å². The fraction of sp³-hybridized carbons (Fsp3) is 0.375. The number of hydrogen-bond acceptors (Lipinski definition) is 9. The highest BCUT2D eigenvalue weighted by Crippen LogP contribution is 2.45. The number of fused-ring (bicyclic) bond motifs is 3. The molecule has 47 heavy (non-hydrogen) atoms. The Balaban J connectivity index is 1.51. The van der Waals surface area contributed by atoms with Crippen LogP contribution in [0, 0.1) is 11.3 Å². The number of rotatable bonds is 7. The first kappa shape index (κ1) is 32.0. The average Bonchev–Trinajstić information content (AvgIpc) is 3.64. The minimum atomic E-state index is -4.75. The monoisotopic (exact) mass is 656 g/mol. The molecule has 2 aromatic carbocycles. The van der Waals surface area contributed by atoms with Gasteiger partial charge in [-0.15, -0.1) is 0 Å². The SMILES string of the molecule is C=C(F)C(=O)N1CCN(c2nc(OC[C@@H]3C[C@@H](F)CN3C)nc3cc(-c4cc(O)ccc4C(F)(F)F)c4ccoc4c23)C[C@@H]1CC#N. The maximum Gasteiger partial charge on any atom is 0.417 e. The van der Waals surface area contributed by atoms with Crippen molar-refractivity contribution in [3.8, 4) is 29.0 Å². The molecule has 0 unspecified atom stereocenters. The number of benzene rings is 2. The first-order valence-electron chi connectivity index (χ1n) is 14.7. The molecule has 2 fully saturated rings. The van der Waals surface area contributed by atoms with E-state index in [1.807, 2.05) is 6.07 Å². The van der Waals surface area contributed by atoms with Crippen molar-refractivity contribution in [2.75, 3.05) is 44.7 Å². The van der Waals surface area contributed by atoms with Crippen LogP contribution in [0.3, 0.4) is 0 Å². The lowest BCUT2D eigenvalue weighted by atomic mass is 9.94. The standard InChI is InChI=1S/C32H29F5N6O4/c1-17(33)30(45)43-9-8-42(15-19(43)5-7-38)29-27-26(39-31(40-29)47-16-20-11-18(34)14-41(20)2)13-23(22-6-10-46-28(22)27)24-12-21(44)3-4-25(24)32(35,36)37/h3-4,6,10,12-13,18-20,44H,1,5,8-9,11,14-16H2,2H3/t18-,19+,20+/m1/s1. The molecule has 1 amide bonds. The molecule has 1 N–H and O–H groups in total. The Morgan fingerprint density at radius 2 is 1.96 bits per heavy atom. The van der Waals surface area contributed by atoms with E-state index in [1.165, 1.54) is 23.3 Å². The number of aromatic nitrogens is 2. The summed E-state index contributed by atoms with van der Waals surface area (Å²) >= 11 is 0. The third-order valence-corrected chi connectivity index (χ3v) is 8.60. The molecule has 2 aliphatic rings. The summed E-state index contributed by atoms with van der Waals surface area (Å²) in [4.78, 5) is 26.5. The van der Waals surface area contributed by atoms with Crippen molar-refractivity contribution in [2.24, 2.45) is 0 Å². The molecule has 6 rings (SSSR count). The predicted octanol–water partition coefficient (Wildman–Crippen LogP) is 5.60. The molecule has 4 heterocycles. The maximum absolute atomic E-state index is 14.2. The summed E-state index contributed by atoms with van der Waals surface area (Å²) in [6.07, 6.45) is -4.37. The number of likely N-dealkylation sites (tertiary alicyclic amines) is 1. The van der Waals surface area contributed by atoms with Gasteiger partial charge in [-0.25, -0.2) is 8.78 Å². The predicted molar refractivity (Wildman–Crippen MR) is 161 cm³/mol. The molecule has 2 aliphatic heterocycles. The van der Waals surface area contributed by atoms with Gasteiger partial charge >= 0.3 is 12.2 Å². The highest BCUT2D eigenvalue weighted by atomic mass is 19.4. The van der Waals surface area contributed by atoms with Crippen LogP contribution in [0.15, 0.2) is 53.4 Å². The first-order chi connectivity index (χ1) is 22.3. The molecule has 246 valence electrons. The van der Waals surface area contributed by atoms with Crippen molar-refractivity contribution in [2.45, 2.75) is 37.3 Å². The second kappa shape index (κ2) is 12.3. The lowest BCUT2D eigenvalue weighted by Gasteiger charge is -2.41. The molecule has 2 aromatic heterocycles. The molecule has 0 aliphatic carbocycles. The van der Waals surface area contributed by atoms with Crippen LogP contribution in [0.4, 0.5) is 27.8 Å². The summed E-state index contributed by atoms with van der Waals surface area (Å²) in [7, 11) is 1.76. The summed E-state index contributed by atoms with van der Waals surface area (Å²) < 4.78 is 82.1. The van der Waals surface area contributed by atoms with Gasteiger partial charge in [-0.1, -0.05) is 6.58 Å². The summed E-state index contributed by atoms with van der Waals surface area (Å²) in [6, 6.07) is 6.53. The van der Waals surface area contributed by atoms with E-state index in [0.29, 0.717) is 5.39 Å². The van der Waals surface area contributed by atoms with Crippen LogP contribution in [0.1, 0.15) is 18.4 Å². The van der Waals surface area contributed by atoms with E-state index in [0.717, 1.165) is 18.2 Å². The molecular formula is C32H29F5N6O4. The van der Waals surface area contributed by atoms with Crippen molar-refractivity contribution >= 4 is 33.6 Å². The quantitative estimate of drug-likeness (QED) is 0.200. The fourth-order valence-corrected chi connectivity index (χ4v) is 6.34. The van der Waals surface area contributed by atoms with Gasteiger partial charge < -0.3 is 24.1 Å². The third kappa shape index (κ3) is 6.12. The van der Waals surface area contributed by atoms with Gasteiger partial charge in [0.1, 0.15) is 29.9 Å². The molecule has 3 atom stereocenters. The Hall–Kier alpha value is -4.97. The van der Waals surface area contributed by atoms with Crippen LogP contribution in [-0.2, 0) is 11.0 Å². The highest BCUT2D eigenvalue weighted by Gasteiger charge is 2.37. The summed E-state index contributed by atoms with van der Waals surface area (Å²) in [5, 5.41) is 20.3. The molecule has 0 saturated carbocycles. The summed E-state index contributed by atoms with van der Waals surface area (Å²) in [5.41, 5.74) is -0.909. The lowest BCUT2D eigenvalue weighted by molar-refractivity contribution is -0.137. The number of furan rings is 1. The molecule has 4 aromatic rings. The van der Waals surface area contributed by atoms with E-state index in [1.54, 1.807) is 16.8 Å². The third-order valence-electron chi connectivity index (χ3n) is 8.60. The van der Waals surface area contributed by atoms with Gasteiger partial charge in [0.05, 0.1) is 41.3 Å². The highest BCUT2D eigenvalue weighted by molar-refractivity contribution is 6.14. The summed E-state index contributed by atoms with van der Waals surface area (Å²) in [6.45, 7) is 3.54. The Morgan fingerprint density at radius 1 is 1.17 bits per heavy atom. The molecule has 0 radical (unpaired) electrons. The topological polar surface area (TPSA) is 119 Å². The number of halogens is 5. The van der Waals surface area contributed by atoms with E-state index in [2.05, 4.69) is 16.5 Å². The number of aromatic hydroxyl groups is 1. The van der Waals surface area contributed by atoms with Crippen LogP contribution in [0.5, 0.6) is 11.8 Å². The first-order valence-corrected chi connectivity index (χ1v) is 14.7. The lowest BCUT2D eigenvalue weighted by Crippen LogP contribution is -2.55. The number of likely N-dealkylation sites (N-methyl/N-ethyl adjacent to an activating group) is 1. The van der Waals surface area contributed by atoms with Crippen LogP contribution >= 0.6 is 0 Å². The number of phenols is 1. The van der Waals surface area contributed by atoms with Crippen molar-refractivity contribution in [3.63, 3.8) is 0 Å². The van der Waals surface area contributed by atoms with Crippen molar-refractivity contribution in [1.29, 1.82) is 5.26 Å². The number of amides is 1. The van der Waals surface area contributed by atoms with E-state index >= 15 is 0 Å². The van der Waals surface area contributed by atoms with Crippen LogP contribution in [0.25, 0.3) is 33.0 Å². The number of anilines is 1. The van der Waals surface area contributed by atoms with E-state index in [4.69, 9.17) is 9.15 Å². The summed E-state index contributed by atoms with van der Waals surface area (Å²) in [5.74, 6) is -2.22. The molecule has 10 nitrogen and oxygen atoms in total. The van der Waals surface area contributed by atoms with Crippen molar-refractivity contribution in [1.82, 2.24) is 19.8 Å². The number of nitriles is 1. The minimum absolute atomic E-state index is 0.0121. The van der Waals surface area contributed by atoms with Crippen LogP contribution in [0.2, 0.25) is 0 Å². The second-order valence-corrected chi connectivity index (χ2v) is 11.6. The average molecular weight is 657 g/mol. The van der Waals surface area contributed by atoms with Gasteiger partial charge in [-0.2, -0.15) is 28.4 Å². The largest absolute Gasteiger partial charge is 0.508 e. The number of piperazine rings is 1. The normalized spacial score (nSPS) is 20.6. The Labute approximate surface area is 265 Å². The number of carbonyl (C=O) groups is 1. The number of phenolic OH excluding ortho intramolecular Hbond substituents is 1. The number of carbonyl (C=O) groups excluding carboxylic acids is 1. The van der Waals surface area contributed by atoms with Crippen LogP contribution < -0.4 is 9.64 Å². The second-order valence-electron chi connectivity index (χ2n) is 11.6. The van der Waals surface area contributed by atoms with Gasteiger partial charge in [0.25, 0.3) is 5.91 Å². The molecule has 15 heteroatoms. The van der Waals surface area contributed by atoms with Gasteiger partial charge in [0, 0.05) is 37.6 Å². The Morgan fingerprint density at radius 3 is 2.64 bits per heavy atom.